The summed E-state index contributed by atoms with van der Waals surface area (Å²) in [6, 6.07) is 17.7. The Kier molecular flexibility index (Phi) is 11.6. The van der Waals surface area contributed by atoms with Gasteiger partial charge in [0.25, 0.3) is 11.8 Å². The van der Waals surface area contributed by atoms with Crippen molar-refractivity contribution >= 4 is 81.1 Å². The quantitative estimate of drug-likeness (QED) is 0.109. The summed E-state index contributed by atoms with van der Waals surface area (Å²) in [5.41, 5.74) is 6.27. The van der Waals surface area contributed by atoms with E-state index in [-0.39, 0.29) is 26.6 Å². The van der Waals surface area contributed by atoms with Gasteiger partial charge in [-0.2, -0.15) is 0 Å². The number of ether oxygens (including phenoxy) is 2. The van der Waals surface area contributed by atoms with Crippen molar-refractivity contribution in [3.8, 4) is 0 Å². The van der Waals surface area contributed by atoms with Crippen molar-refractivity contribution in [2.45, 2.75) is 50.8 Å². The van der Waals surface area contributed by atoms with E-state index in [9.17, 15) is 19.2 Å². The SMILES string of the molecule is CCSC1=C(C(=O)OC(c2ccccc2)c2ccccc2)N2C(=O)C(NC(=O)/C(=N/OCC(=O)OC(C)(C)C)c3nc(N)sc3Cl)C2SC1. The van der Waals surface area contributed by atoms with Crippen LogP contribution >= 0.6 is 46.5 Å². The number of rotatable bonds is 12. The summed E-state index contributed by atoms with van der Waals surface area (Å²) in [6.45, 7) is 6.45. The molecule has 2 aliphatic rings. The van der Waals surface area contributed by atoms with Gasteiger partial charge >= 0.3 is 11.9 Å². The Balaban J connectivity index is 1.37. The number of aromatic nitrogens is 1. The van der Waals surface area contributed by atoms with Gasteiger partial charge in [0, 0.05) is 10.7 Å². The second-order valence-electron chi connectivity index (χ2n) is 11.6. The van der Waals surface area contributed by atoms with Crippen LogP contribution in [0.3, 0.4) is 0 Å². The normalized spacial score (nSPS) is 17.7. The molecule has 2 unspecified atom stereocenters. The third-order valence-electron chi connectivity index (χ3n) is 6.96. The molecule has 0 aliphatic carbocycles. The Morgan fingerprint density at radius 3 is 2.31 bits per heavy atom. The van der Waals surface area contributed by atoms with Crippen molar-refractivity contribution in [1.29, 1.82) is 0 Å². The van der Waals surface area contributed by atoms with Crippen LogP contribution in [0.15, 0.2) is 76.4 Å². The number of amides is 2. The fraction of sp³-hybridized carbons (Fsp3) is 0.333. The van der Waals surface area contributed by atoms with Gasteiger partial charge in [0.2, 0.25) is 6.61 Å². The van der Waals surface area contributed by atoms with Crippen molar-refractivity contribution in [3.63, 3.8) is 0 Å². The highest BCUT2D eigenvalue weighted by molar-refractivity contribution is 8.06. The lowest BCUT2D eigenvalue weighted by Crippen LogP contribution is -2.71. The first kappa shape index (κ1) is 36.2. The van der Waals surface area contributed by atoms with E-state index in [1.165, 1.54) is 28.4 Å². The largest absolute Gasteiger partial charge is 0.457 e. The molecule has 12 nitrogen and oxygen atoms in total. The Bertz CT molecular complexity index is 1740. The highest BCUT2D eigenvalue weighted by Gasteiger charge is 2.55. The smallest absolute Gasteiger partial charge is 0.356 e. The van der Waals surface area contributed by atoms with Gasteiger partial charge in [0.1, 0.15) is 32.7 Å². The lowest BCUT2D eigenvalue weighted by Gasteiger charge is -2.49. The summed E-state index contributed by atoms with van der Waals surface area (Å²) < 4.78 is 11.4. The number of carbonyl (C=O) groups is 4. The number of nitrogens with zero attached hydrogens (tertiary/aromatic N) is 3. The Hall–Kier alpha value is -4.05. The van der Waals surface area contributed by atoms with Gasteiger partial charge in [0.05, 0.1) is 0 Å². The Labute approximate surface area is 300 Å². The zero-order chi connectivity index (χ0) is 35.3. The van der Waals surface area contributed by atoms with E-state index in [0.29, 0.717) is 16.4 Å². The maximum absolute atomic E-state index is 14.0. The van der Waals surface area contributed by atoms with Crippen molar-refractivity contribution in [1.82, 2.24) is 15.2 Å². The number of anilines is 1. The van der Waals surface area contributed by atoms with Gasteiger partial charge in [-0.05, 0) is 37.7 Å². The van der Waals surface area contributed by atoms with Crippen LogP contribution in [0.4, 0.5) is 5.13 Å². The number of nitrogens with two attached hydrogens (primary N) is 1. The molecule has 3 N–H and O–H groups in total. The molecule has 0 bridgehead atoms. The third-order valence-corrected chi connectivity index (χ3v) is 10.5. The minimum absolute atomic E-state index is 0.0569. The lowest BCUT2D eigenvalue weighted by molar-refractivity contribution is -0.160. The molecule has 1 saturated heterocycles. The molecule has 0 saturated carbocycles. The molecule has 16 heteroatoms. The number of nitrogen functional groups attached to an aromatic ring is 1. The van der Waals surface area contributed by atoms with E-state index in [4.69, 9.17) is 31.6 Å². The summed E-state index contributed by atoms with van der Waals surface area (Å²) in [5.74, 6) is -1.64. The lowest BCUT2D eigenvalue weighted by atomic mass is 10.0. The number of carbonyl (C=O) groups excluding carboxylic acids is 4. The standard InChI is InChI=1S/C33H34ClN5O7S3/c1-5-47-20-17-48-30-24(36-28(41)23(22-27(34)49-32(35)37-22)38-44-16-21(40)46-33(2,3)4)29(42)39(30)25(20)31(43)45-26(18-12-8-6-9-13-18)19-14-10-7-11-15-19/h6-15,24,26,30H,5,16-17H2,1-4H3,(H2,35,37)(H,36,41)/b38-23+. The van der Waals surface area contributed by atoms with Gasteiger partial charge in [-0.3, -0.25) is 14.5 Å². The predicted molar refractivity (Wildman–Crippen MR) is 191 cm³/mol. The maximum Gasteiger partial charge on any atom is 0.356 e. The summed E-state index contributed by atoms with van der Waals surface area (Å²) in [4.78, 5) is 64.8. The second kappa shape index (κ2) is 15.7. The van der Waals surface area contributed by atoms with Crippen LogP contribution in [0.25, 0.3) is 0 Å². The van der Waals surface area contributed by atoms with Crippen molar-refractivity contribution in [2.24, 2.45) is 5.16 Å². The zero-order valence-corrected chi connectivity index (χ0v) is 30.2. The molecule has 2 aliphatic heterocycles. The molecule has 2 aromatic carbocycles. The van der Waals surface area contributed by atoms with Gasteiger partial charge in [-0.1, -0.05) is 95.7 Å². The predicted octanol–water partition coefficient (Wildman–Crippen LogP) is 5.14. The fourth-order valence-corrected chi connectivity index (χ4v) is 8.33. The number of β-lactam (4-membered cyclic amide) rings is 1. The van der Waals surface area contributed by atoms with E-state index >= 15 is 0 Å². The Morgan fingerprint density at radius 1 is 1.12 bits per heavy atom. The molecule has 3 aromatic rings. The minimum Gasteiger partial charge on any atom is -0.457 e. The molecule has 0 spiro atoms. The van der Waals surface area contributed by atoms with Crippen LogP contribution in [0.1, 0.15) is 50.6 Å². The number of halogens is 1. The first-order valence-electron chi connectivity index (χ1n) is 15.1. The number of thiazole rings is 1. The number of nitrogens with one attached hydrogen (secondary N) is 1. The first-order valence-corrected chi connectivity index (χ1v) is 18.4. The van der Waals surface area contributed by atoms with E-state index in [2.05, 4.69) is 15.5 Å². The molecule has 1 aromatic heterocycles. The first-order chi connectivity index (χ1) is 23.4. The monoisotopic (exact) mass is 743 g/mol. The minimum atomic E-state index is -1.03. The average Bonchev–Trinajstić information content (AvgIpc) is 3.40. The van der Waals surface area contributed by atoms with Crippen LogP contribution in [0.2, 0.25) is 4.34 Å². The van der Waals surface area contributed by atoms with E-state index < -0.39 is 53.5 Å². The zero-order valence-electron chi connectivity index (χ0n) is 27.0. The van der Waals surface area contributed by atoms with Gasteiger partial charge in [-0.15, -0.1) is 23.5 Å². The number of oxime groups is 1. The molecule has 1 fully saturated rings. The summed E-state index contributed by atoms with van der Waals surface area (Å²) in [5, 5.41) is 5.97. The molecular weight excluding hydrogens is 710 g/mol. The van der Waals surface area contributed by atoms with Crippen molar-refractivity contribution in [2.75, 3.05) is 23.8 Å². The maximum atomic E-state index is 14.0. The molecule has 49 heavy (non-hydrogen) atoms. The average molecular weight is 744 g/mol. The van der Waals surface area contributed by atoms with Crippen molar-refractivity contribution in [3.05, 3.63) is 92.4 Å². The van der Waals surface area contributed by atoms with Crippen LogP contribution in [0.5, 0.6) is 0 Å². The molecule has 5 rings (SSSR count). The third kappa shape index (κ3) is 8.58. The van der Waals surface area contributed by atoms with Gasteiger partial charge in [-0.25, -0.2) is 14.6 Å². The molecule has 0 radical (unpaired) electrons. The summed E-state index contributed by atoms with van der Waals surface area (Å²) in [6.07, 6.45) is -0.718. The molecule has 258 valence electrons. The van der Waals surface area contributed by atoms with E-state index in [0.717, 1.165) is 22.5 Å². The van der Waals surface area contributed by atoms with Crippen LogP contribution in [-0.4, -0.2) is 74.5 Å². The topological polar surface area (TPSA) is 163 Å². The van der Waals surface area contributed by atoms with Crippen LogP contribution < -0.4 is 11.1 Å². The molecule has 3 heterocycles. The highest BCUT2D eigenvalue weighted by Crippen LogP contribution is 2.44. The number of hydrogen-bond acceptors (Lipinski definition) is 13. The van der Waals surface area contributed by atoms with Gasteiger partial charge < -0.3 is 25.4 Å². The number of esters is 2. The van der Waals surface area contributed by atoms with Gasteiger partial charge in [0.15, 0.2) is 16.9 Å². The Morgan fingerprint density at radius 2 is 1.76 bits per heavy atom. The highest BCUT2D eigenvalue weighted by atomic mass is 35.5. The molecule has 2 amide bonds. The molecular formula is C33H34ClN5O7S3. The summed E-state index contributed by atoms with van der Waals surface area (Å²) >= 11 is 10.1. The van der Waals surface area contributed by atoms with E-state index in [1.807, 2.05) is 67.6 Å². The fourth-order valence-electron chi connectivity index (χ4n) is 5.00. The summed E-state index contributed by atoms with van der Waals surface area (Å²) in [7, 11) is 0. The number of hydrogen-bond donors (Lipinski definition) is 2. The second-order valence-corrected chi connectivity index (χ2v) is 15.7. The van der Waals surface area contributed by atoms with Crippen LogP contribution in [-0.2, 0) is 33.5 Å². The van der Waals surface area contributed by atoms with Crippen LogP contribution in [0, 0.1) is 0 Å². The van der Waals surface area contributed by atoms with E-state index in [1.54, 1.807) is 20.8 Å². The van der Waals surface area contributed by atoms with Crippen molar-refractivity contribution < 1.29 is 33.5 Å². The number of fused-ring (bicyclic) bond motifs is 1. The number of thioether (sulfide) groups is 2. The number of benzene rings is 2. The molecule has 2 atom stereocenters.